The number of urea groups is 1. The summed E-state index contributed by atoms with van der Waals surface area (Å²) in [5.74, 6) is -0.780. The van der Waals surface area contributed by atoms with Gasteiger partial charge in [-0.1, -0.05) is 24.3 Å². The summed E-state index contributed by atoms with van der Waals surface area (Å²) in [7, 11) is 1.63. The van der Waals surface area contributed by atoms with E-state index in [1.165, 1.54) is 6.07 Å². The molecule has 0 spiro atoms. The molecule has 8 heteroatoms. The van der Waals surface area contributed by atoms with Gasteiger partial charge < -0.3 is 19.4 Å². The van der Waals surface area contributed by atoms with Crippen LogP contribution in [-0.4, -0.2) is 29.6 Å². The molecular weight excluding hydrogens is 428 g/mol. The van der Waals surface area contributed by atoms with E-state index in [1.807, 2.05) is 42.5 Å². The third-order valence-corrected chi connectivity index (χ3v) is 5.79. The highest BCUT2D eigenvalue weighted by atomic mass is 19.2. The van der Waals surface area contributed by atoms with E-state index in [9.17, 15) is 13.6 Å². The smallest absolute Gasteiger partial charge is 0.322 e. The van der Waals surface area contributed by atoms with Crippen molar-refractivity contribution in [3.8, 4) is 16.9 Å². The Balaban J connectivity index is 1.40. The third kappa shape index (κ3) is 4.00. The minimum Gasteiger partial charge on any atom is -0.496 e. The van der Waals surface area contributed by atoms with E-state index in [2.05, 4.69) is 10.3 Å². The van der Waals surface area contributed by atoms with E-state index in [0.29, 0.717) is 30.0 Å². The molecule has 0 bridgehead atoms. The number of ether oxygens (including phenoxy) is 1. The molecule has 0 saturated carbocycles. The van der Waals surface area contributed by atoms with Crippen molar-refractivity contribution in [3.63, 3.8) is 0 Å². The number of hydrogen-bond donors (Lipinski definition) is 1. The molecule has 2 heterocycles. The maximum Gasteiger partial charge on any atom is 0.322 e. The largest absolute Gasteiger partial charge is 0.496 e. The van der Waals surface area contributed by atoms with Crippen molar-refractivity contribution in [1.29, 1.82) is 0 Å². The lowest BCUT2D eigenvalue weighted by atomic mass is 10.0. The van der Waals surface area contributed by atoms with Crippen molar-refractivity contribution < 1.29 is 22.7 Å². The number of nitrogens with one attached hydrogen (secondary N) is 1. The third-order valence-electron chi connectivity index (χ3n) is 5.79. The van der Waals surface area contributed by atoms with Crippen LogP contribution in [0.3, 0.4) is 0 Å². The Labute approximate surface area is 188 Å². The van der Waals surface area contributed by atoms with E-state index < -0.39 is 17.7 Å². The minimum atomic E-state index is -1.02. The van der Waals surface area contributed by atoms with E-state index in [1.54, 1.807) is 12.0 Å². The Morgan fingerprint density at radius 3 is 2.79 bits per heavy atom. The first-order valence-corrected chi connectivity index (χ1v) is 10.6. The van der Waals surface area contributed by atoms with Crippen LogP contribution in [0.5, 0.6) is 5.75 Å². The van der Waals surface area contributed by atoms with Crippen LogP contribution in [0, 0.1) is 11.6 Å². The van der Waals surface area contributed by atoms with E-state index in [4.69, 9.17) is 9.15 Å². The molecule has 168 valence electrons. The number of carbonyl (C=O) groups is 1. The quantitative estimate of drug-likeness (QED) is 0.406. The van der Waals surface area contributed by atoms with Gasteiger partial charge in [-0.15, -0.1) is 0 Å². The van der Waals surface area contributed by atoms with Gasteiger partial charge >= 0.3 is 6.03 Å². The van der Waals surface area contributed by atoms with Crippen LogP contribution in [0.25, 0.3) is 22.2 Å². The molecule has 0 aliphatic carbocycles. The average molecular weight is 449 g/mol. The number of anilines is 1. The maximum absolute atomic E-state index is 13.5. The molecule has 1 unspecified atom stereocenters. The second-order valence-electron chi connectivity index (χ2n) is 7.85. The fraction of sp³-hybridized carbons (Fsp3) is 0.200. The number of methoxy groups -OCH3 is 1. The van der Waals surface area contributed by atoms with Gasteiger partial charge in [0.25, 0.3) is 0 Å². The monoisotopic (exact) mass is 449 g/mol. The summed E-state index contributed by atoms with van der Waals surface area (Å²) in [5.41, 5.74) is 3.38. The topological polar surface area (TPSA) is 67.6 Å². The van der Waals surface area contributed by atoms with Gasteiger partial charge in [0.2, 0.25) is 5.89 Å². The summed E-state index contributed by atoms with van der Waals surface area (Å²) in [6, 6.07) is 15.9. The minimum absolute atomic E-state index is 0.184. The normalized spacial score (nSPS) is 15.7. The Morgan fingerprint density at radius 2 is 1.97 bits per heavy atom. The first kappa shape index (κ1) is 20.9. The Morgan fingerprint density at radius 1 is 1.12 bits per heavy atom. The van der Waals surface area contributed by atoms with Gasteiger partial charge in [0.05, 0.1) is 7.11 Å². The molecule has 1 aliphatic rings. The van der Waals surface area contributed by atoms with Gasteiger partial charge in [0.15, 0.2) is 17.2 Å². The zero-order valence-electron chi connectivity index (χ0n) is 17.8. The van der Waals surface area contributed by atoms with Crippen molar-refractivity contribution in [3.05, 3.63) is 78.2 Å². The summed E-state index contributed by atoms with van der Waals surface area (Å²) >= 11 is 0. The molecule has 6 nitrogen and oxygen atoms in total. The molecule has 1 aliphatic heterocycles. The highest BCUT2D eigenvalue weighted by molar-refractivity contribution is 5.90. The van der Waals surface area contributed by atoms with Crippen LogP contribution >= 0.6 is 0 Å². The zero-order chi connectivity index (χ0) is 22.9. The molecule has 5 rings (SSSR count). The number of para-hydroxylation sites is 1. The number of amides is 2. The first-order chi connectivity index (χ1) is 16.0. The molecule has 1 saturated heterocycles. The molecule has 3 aromatic carbocycles. The fourth-order valence-electron chi connectivity index (χ4n) is 4.17. The number of likely N-dealkylation sites (tertiary alicyclic amines) is 1. The van der Waals surface area contributed by atoms with Crippen LogP contribution in [0.4, 0.5) is 19.3 Å². The number of rotatable bonds is 4. The molecule has 2 amide bonds. The predicted octanol–water partition coefficient (Wildman–Crippen LogP) is 6.15. The summed E-state index contributed by atoms with van der Waals surface area (Å²) in [5, 5.41) is 2.63. The Bertz CT molecular complexity index is 1340. The summed E-state index contributed by atoms with van der Waals surface area (Å²) in [6.45, 7) is 0.505. The number of halogens is 2. The van der Waals surface area contributed by atoms with Crippen LogP contribution in [-0.2, 0) is 0 Å². The standard InChI is InChI=1S/C25H21F2N3O3/c1-32-22-7-3-2-5-17(22)15-8-11-23-20(13-15)29-24(33-23)21-6-4-12-30(21)25(31)28-16-9-10-18(26)19(27)14-16/h2-3,5,7-11,13-14,21H,4,6,12H2,1H3,(H,28,31). The highest BCUT2D eigenvalue weighted by Gasteiger charge is 2.33. The van der Waals surface area contributed by atoms with Crippen LogP contribution in [0.1, 0.15) is 24.8 Å². The van der Waals surface area contributed by atoms with Crippen molar-refractivity contribution in [1.82, 2.24) is 9.88 Å². The molecule has 4 aromatic rings. The lowest BCUT2D eigenvalue weighted by Gasteiger charge is -2.22. The van der Waals surface area contributed by atoms with Crippen molar-refractivity contribution in [2.24, 2.45) is 0 Å². The second-order valence-corrected chi connectivity index (χ2v) is 7.85. The molecule has 1 atom stereocenters. The van der Waals surface area contributed by atoms with Crippen LogP contribution in [0.15, 0.2) is 65.1 Å². The second kappa shape index (κ2) is 8.54. The number of hydrogen-bond acceptors (Lipinski definition) is 4. The number of oxazole rings is 1. The van der Waals surface area contributed by atoms with Gasteiger partial charge in [-0.05, 0) is 48.7 Å². The predicted molar refractivity (Wildman–Crippen MR) is 120 cm³/mol. The summed E-state index contributed by atoms with van der Waals surface area (Å²) < 4.78 is 38.1. The van der Waals surface area contributed by atoms with Gasteiger partial charge in [-0.25, -0.2) is 18.6 Å². The Kier molecular flexibility index (Phi) is 5.42. The number of nitrogens with zero attached hydrogens (tertiary/aromatic N) is 2. The molecular formula is C25H21F2N3O3. The first-order valence-electron chi connectivity index (χ1n) is 10.6. The number of fused-ring (bicyclic) bond motifs is 1. The van der Waals surface area contributed by atoms with Gasteiger partial charge in [0.1, 0.15) is 17.3 Å². The van der Waals surface area contributed by atoms with Gasteiger partial charge in [-0.3, -0.25) is 0 Å². The van der Waals surface area contributed by atoms with Gasteiger partial charge in [0, 0.05) is 23.9 Å². The van der Waals surface area contributed by atoms with E-state index in [-0.39, 0.29) is 11.7 Å². The summed E-state index contributed by atoms with van der Waals surface area (Å²) in [4.78, 5) is 19.1. The average Bonchev–Trinajstić information content (AvgIpc) is 3.48. The van der Waals surface area contributed by atoms with Crippen molar-refractivity contribution in [2.75, 3.05) is 19.0 Å². The van der Waals surface area contributed by atoms with Gasteiger partial charge in [-0.2, -0.15) is 0 Å². The lowest BCUT2D eigenvalue weighted by molar-refractivity contribution is 0.199. The fourth-order valence-corrected chi connectivity index (χ4v) is 4.17. The molecule has 1 aromatic heterocycles. The maximum atomic E-state index is 13.5. The number of aromatic nitrogens is 1. The van der Waals surface area contributed by atoms with Crippen molar-refractivity contribution >= 4 is 22.8 Å². The Hall–Kier alpha value is -3.94. The number of benzene rings is 3. The molecule has 1 fully saturated rings. The molecule has 0 radical (unpaired) electrons. The van der Waals surface area contributed by atoms with Crippen molar-refractivity contribution in [2.45, 2.75) is 18.9 Å². The van der Waals surface area contributed by atoms with Crippen LogP contribution < -0.4 is 10.1 Å². The molecule has 1 N–H and O–H groups in total. The SMILES string of the molecule is COc1ccccc1-c1ccc2oc(C3CCCN3C(=O)Nc3ccc(F)c(F)c3)nc2c1. The number of carbonyl (C=O) groups excluding carboxylic acids is 1. The van der Waals surface area contributed by atoms with E-state index >= 15 is 0 Å². The lowest BCUT2D eigenvalue weighted by Crippen LogP contribution is -2.34. The van der Waals surface area contributed by atoms with E-state index in [0.717, 1.165) is 35.4 Å². The highest BCUT2D eigenvalue weighted by Crippen LogP contribution is 2.36. The van der Waals surface area contributed by atoms with Crippen LogP contribution in [0.2, 0.25) is 0 Å². The zero-order valence-corrected chi connectivity index (χ0v) is 17.8. The summed E-state index contributed by atoms with van der Waals surface area (Å²) in [6.07, 6.45) is 1.47. The molecule has 33 heavy (non-hydrogen) atoms.